The average Bonchev–Trinajstić information content (AvgIpc) is 3.07. The molecule has 1 N–H and O–H groups in total. The van der Waals surface area contributed by atoms with Gasteiger partial charge in [0, 0.05) is 13.1 Å². The first-order valence-electron chi connectivity index (χ1n) is 6.61. The minimum Gasteiger partial charge on any atom is -0.378 e. The van der Waals surface area contributed by atoms with Gasteiger partial charge in [-0.15, -0.1) is 0 Å². The molecule has 106 valence electrons. The number of aromatic nitrogens is 2. The van der Waals surface area contributed by atoms with Crippen molar-refractivity contribution in [3.05, 3.63) is 22.2 Å². The lowest BCUT2D eigenvalue weighted by Gasteiger charge is -2.15. The second kappa shape index (κ2) is 5.68. The van der Waals surface area contributed by atoms with Crippen LogP contribution in [0.25, 0.3) is 11.0 Å². The van der Waals surface area contributed by atoms with E-state index in [1.54, 1.807) is 12.1 Å². The van der Waals surface area contributed by atoms with Crippen LogP contribution in [-0.4, -0.2) is 44.7 Å². The van der Waals surface area contributed by atoms with Gasteiger partial charge in [-0.1, -0.05) is 0 Å². The number of fused-ring (bicyclic) bond motifs is 1. The Labute approximate surface area is 120 Å². The van der Waals surface area contributed by atoms with Crippen LogP contribution in [0.2, 0.25) is 0 Å². The maximum Gasteiger partial charge on any atom is 0.321 e. The van der Waals surface area contributed by atoms with Crippen LogP contribution in [0.15, 0.2) is 12.1 Å². The Balaban J connectivity index is 1.76. The van der Waals surface area contributed by atoms with E-state index in [9.17, 15) is 10.1 Å². The third-order valence-corrected chi connectivity index (χ3v) is 4.07. The van der Waals surface area contributed by atoms with E-state index in [0.717, 1.165) is 31.4 Å². The number of benzene rings is 1. The zero-order valence-electron chi connectivity index (χ0n) is 10.9. The molecule has 1 saturated heterocycles. The summed E-state index contributed by atoms with van der Waals surface area (Å²) in [5, 5.41) is 14.4. The highest BCUT2D eigenvalue weighted by molar-refractivity contribution is 7.00. The molecule has 1 aromatic heterocycles. The smallest absolute Gasteiger partial charge is 0.321 e. The lowest BCUT2D eigenvalue weighted by Crippen LogP contribution is -2.26. The Hall–Kier alpha value is -1.80. The zero-order chi connectivity index (χ0) is 13.9. The fraction of sp³-hybridized carbons (Fsp3) is 0.500. The summed E-state index contributed by atoms with van der Waals surface area (Å²) in [6, 6.07) is 3.48. The van der Waals surface area contributed by atoms with Gasteiger partial charge in [0.2, 0.25) is 0 Å². The van der Waals surface area contributed by atoms with Crippen molar-refractivity contribution in [1.82, 2.24) is 13.6 Å². The molecule has 2 aromatic rings. The Bertz CT molecular complexity index is 623. The fourth-order valence-corrected chi connectivity index (χ4v) is 3.06. The van der Waals surface area contributed by atoms with Gasteiger partial charge in [0.15, 0.2) is 5.52 Å². The maximum absolute atomic E-state index is 11.2. The molecular weight excluding hydrogens is 278 g/mol. The van der Waals surface area contributed by atoms with Gasteiger partial charge in [-0.3, -0.25) is 10.1 Å². The Morgan fingerprint density at radius 2 is 2.15 bits per heavy atom. The zero-order valence-corrected chi connectivity index (χ0v) is 11.7. The summed E-state index contributed by atoms with van der Waals surface area (Å²) in [5.74, 6) is 0. The Morgan fingerprint density at radius 3 is 2.90 bits per heavy atom. The van der Waals surface area contributed by atoms with Crippen LogP contribution in [0, 0.1) is 10.1 Å². The molecule has 3 rings (SSSR count). The van der Waals surface area contributed by atoms with Crippen molar-refractivity contribution in [1.29, 1.82) is 0 Å². The number of nitro benzene ring substituents is 1. The number of anilines is 1. The Kier molecular flexibility index (Phi) is 3.75. The highest BCUT2D eigenvalue weighted by Gasteiger charge is 2.21. The highest BCUT2D eigenvalue weighted by Crippen LogP contribution is 2.32. The van der Waals surface area contributed by atoms with Gasteiger partial charge in [0.1, 0.15) is 11.2 Å². The molecular formula is C12H15N5O2S. The molecule has 0 aliphatic carbocycles. The summed E-state index contributed by atoms with van der Waals surface area (Å²) >= 11 is 0.997. The van der Waals surface area contributed by atoms with Crippen LogP contribution >= 0.6 is 11.7 Å². The van der Waals surface area contributed by atoms with E-state index in [1.807, 2.05) is 0 Å². The second-order valence-corrected chi connectivity index (χ2v) is 5.35. The fourth-order valence-electron chi connectivity index (χ4n) is 2.52. The van der Waals surface area contributed by atoms with Gasteiger partial charge in [-0.2, -0.15) is 8.75 Å². The molecule has 0 saturated carbocycles. The molecule has 0 unspecified atom stereocenters. The summed E-state index contributed by atoms with van der Waals surface area (Å²) in [7, 11) is 0. The largest absolute Gasteiger partial charge is 0.378 e. The lowest BCUT2D eigenvalue weighted by atomic mass is 10.2. The molecule has 1 aliphatic heterocycles. The Morgan fingerprint density at radius 1 is 1.35 bits per heavy atom. The molecule has 0 amide bonds. The number of hydrogen-bond acceptors (Lipinski definition) is 7. The third-order valence-electron chi connectivity index (χ3n) is 3.53. The van der Waals surface area contributed by atoms with Gasteiger partial charge in [-0.25, -0.2) is 0 Å². The minimum atomic E-state index is -0.387. The molecule has 8 heteroatoms. The standard InChI is InChI=1S/C12H15N5O2S/c18-17(19)12-10(4-3-9-11(12)15-20-14-9)13-5-8-16-6-1-2-7-16/h3-4,13H,1-2,5-8H2. The topological polar surface area (TPSA) is 84.2 Å². The van der Waals surface area contributed by atoms with Crippen LogP contribution in [-0.2, 0) is 0 Å². The summed E-state index contributed by atoms with van der Waals surface area (Å²) in [5.41, 5.74) is 1.49. The number of hydrogen-bond donors (Lipinski definition) is 1. The van der Waals surface area contributed by atoms with Gasteiger partial charge in [-0.05, 0) is 38.1 Å². The average molecular weight is 293 g/mol. The molecule has 2 heterocycles. The van der Waals surface area contributed by atoms with Crippen LogP contribution in [0.3, 0.4) is 0 Å². The van der Waals surface area contributed by atoms with Crippen molar-refractivity contribution in [2.75, 3.05) is 31.5 Å². The lowest BCUT2D eigenvalue weighted by molar-refractivity contribution is -0.382. The molecule has 0 atom stereocenters. The predicted octanol–water partition coefficient (Wildman–Crippen LogP) is 2.11. The van der Waals surface area contributed by atoms with Gasteiger partial charge < -0.3 is 10.2 Å². The molecule has 0 bridgehead atoms. The second-order valence-electron chi connectivity index (χ2n) is 4.83. The number of rotatable bonds is 5. The molecule has 0 radical (unpaired) electrons. The van der Waals surface area contributed by atoms with Crippen LogP contribution in [0.1, 0.15) is 12.8 Å². The van der Waals surface area contributed by atoms with E-state index < -0.39 is 0 Å². The normalized spacial score (nSPS) is 15.8. The van der Waals surface area contributed by atoms with E-state index in [0.29, 0.717) is 23.3 Å². The summed E-state index contributed by atoms with van der Waals surface area (Å²) < 4.78 is 8.06. The first-order chi connectivity index (χ1) is 9.75. The molecule has 7 nitrogen and oxygen atoms in total. The molecule has 1 aliphatic rings. The third kappa shape index (κ3) is 2.56. The van der Waals surface area contributed by atoms with E-state index in [1.165, 1.54) is 12.8 Å². The summed E-state index contributed by atoms with van der Waals surface area (Å²) in [6.45, 7) is 3.85. The van der Waals surface area contributed by atoms with Crippen LogP contribution in [0.4, 0.5) is 11.4 Å². The van der Waals surface area contributed by atoms with E-state index >= 15 is 0 Å². The molecule has 0 spiro atoms. The van der Waals surface area contributed by atoms with Crippen molar-refractivity contribution in [3.63, 3.8) is 0 Å². The van der Waals surface area contributed by atoms with Crippen molar-refractivity contribution < 1.29 is 4.92 Å². The van der Waals surface area contributed by atoms with Crippen LogP contribution in [0.5, 0.6) is 0 Å². The molecule has 20 heavy (non-hydrogen) atoms. The van der Waals surface area contributed by atoms with E-state index in [4.69, 9.17) is 0 Å². The highest BCUT2D eigenvalue weighted by atomic mass is 32.1. The number of nitrogens with one attached hydrogen (secondary N) is 1. The monoisotopic (exact) mass is 293 g/mol. The first-order valence-corrected chi connectivity index (χ1v) is 7.34. The predicted molar refractivity (Wildman–Crippen MR) is 78.2 cm³/mol. The van der Waals surface area contributed by atoms with Crippen LogP contribution < -0.4 is 5.32 Å². The SMILES string of the molecule is O=[N+]([O-])c1c(NCCN2CCCC2)ccc2nsnc12. The van der Waals surface area contributed by atoms with Gasteiger partial charge >= 0.3 is 5.69 Å². The number of nitro groups is 1. The molecule has 1 fully saturated rings. The van der Waals surface area contributed by atoms with Crippen molar-refractivity contribution in [2.24, 2.45) is 0 Å². The number of nitrogens with zero attached hydrogens (tertiary/aromatic N) is 4. The first kappa shape index (κ1) is 13.2. The number of likely N-dealkylation sites (tertiary alicyclic amines) is 1. The van der Waals surface area contributed by atoms with Crippen molar-refractivity contribution in [2.45, 2.75) is 12.8 Å². The summed E-state index contributed by atoms with van der Waals surface area (Å²) in [4.78, 5) is 13.2. The quantitative estimate of drug-likeness (QED) is 0.671. The van der Waals surface area contributed by atoms with E-state index in [-0.39, 0.29) is 10.6 Å². The van der Waals surface area contributed by atoms with Crippen molar-refractivity contribution in [3.8, 4) is 0 Å². The van der Waals surface area contributed by atoms with Gasteiger partial charge in [0.25, 0.3) is 0 Å². The van der Waals surface area contributed by atoms with E-state index in [2.05, 4.69) is 19.0 Å². The molecule has 1 aromatic carbocycles. The van der Waals surface area contributed by atoms with Crippen molar-refractivity contribution >= 4 is 34.1 Å². The summed E-state index contributed by atoms with van der Waals surface area (Å²) in [6.07, 6.45) is 2.49. The van der Waals surface area contributed by atoms with Gasteiger partial charge in [0.05, 0.1) is 16.7 Å². The minimum absolute atomic E-state index is 0.0256. The maximum atomic E-state index is 11.2.